The van der Waals surface area contributed by atoms with Crippen LogP contribution in [0.3, 0.4) is 0 Å². The Bertz CT molecular complexity index is 924. The zero-order valence-corrected chi connectivity index (χ0v) is 13.9. The fraction of sp³-hybridized carbons (Fsp3) is 0.222. The summed E-state index contributed by atoms with van der Waals surface area (Å²) in [4.78, 5) is 10.6. The van der Waals surface area contributed by atoms with Crippen LogP contribution in [0.2, 0.25) is 5.02 Å². The first-order valence-electron chi connectivity index (χ1n) is 7.72. The summed E-state index contributed by atoms with van der Waals surface area (Å²) in [6.07, 6.45) is 0.673. The summed E-state index contributed by atoms with van der Waals surface area (Å²) in [5.41, 5.74) is 2.65. The molecular formula is C18H16ClN3O2. The van der Waals surface area contributed by atoms with Crippen molar-refractivity contribution in [1.29, 1.82) is 0 Å². The Kier molecular flexibility index (Phi) is 3.65. The third-order valence-electron chi connectivity index (χ3n) is 4.38. The Morgan fingerprint density at radius 1 is 1.17 bits per heavy atom. The fourth-order valence-corrected chi connectivity index (χ4v) is 3.50. The van der Waals surface area contributed by atoms with E-state index in [0.29, 0.717) is 13.0 Å². The van der Waals surface area contributed by atoms with Crippen LogP contribution < -0.4 is 9.64 Å². The van der Waals surface area contributed by atoms with E-state index in [4.69, 9.17) is 16.3 Å². The average Bonchev–Trinajstić information content (AvgIpc) is 2.61. The number of nitrogens with zero attached hydrogens (tertiary/aromatic N) is 3. The minimum atomic E-state index is 0.00690. The summed E-state index contributed by atoms with van der Waals surface area (Å²) in [6.45, 7) is 1.34. The van der Waals surface area contributed by atoms with Crippen molar-refractivity contribution in [2.24, 2.45) is 0 Å². The number of ether oxygens (including phenoxy) is 1. The quantitative estimate of drug-likeness (QED) is 0.772. The van der Waals surface area contributed by atoms with Gasteiger partial charge in [-0.25, -0.2) is 0 Å². The first-order chi connectivity index (χ1) is 11.7. The van der Waals surface area contributed by atoms with Crippen molar-refractivity contribution in [3.63, 3.8) is 0 Å². The normalized spacial score (nSPS) is 13.8. The molecule has 1 aliphatic heterocycles. The number of fused-ring (bicyclic) bond motifs is 2. The maximum Gasteiger partial charge on any atom is 0.319 e. The first kappa shape index (κ1) is 15.0. The van der Waals surface area contributed by atoms with Crippen LogP contribution in [0.1, 0.15) is 11.3 Å². The minimum Gasteiger partial charge on any atom is -0.493 e. The standard InChI is InChI=1S/C18H16ClN3O2/c1-24-18-20-14-10-22(9-8-12(14)17(23)21-18)15-7-3-5-11-4-2-6-13(19)16(11)15/h2-7H,8-10H2,1H3,(H,20,21,23). The highest BCUT2D eigenvalue weighted by molar-refractivity contribution is 6.36. The van der Waals surface area contributed by atoms with Crippen LogP contribution in [-0.4, -0.2) is 28.7 Å². The molecule has 1 aromatic heterocycles. The van der Waals surface area contributed by atoms with E-state index in [1.165, 1.54) is 7.11 Å². The summed E-state index contributed by atoms with van der Waals surface area (Å²) in [6, 6.07) is 12.3. The highest BCUT2D eigenvalue weighted by Crippen LogP contribution is 2.36. The molecule has 122 valence electrons. The number of hydrogen-bond acceptors (Lipinski definition) is 5. The average molecular weight is 342 g/mol. The van der Waals surface area contributed by atoms with Gasteiger partial charge in [-0.15, -0.1) is 0 Å². The van der Waals surface area contributed by atoms with E-state index in [9.17, 15) is 5.11 Å². The SMILES string of the molecule is COc1nc(O)c2c(n1)CN(c1cccc3cccc(Cl)c13)CC2. The van der Waals surface area contributed by atoms with Crippen LogP contribution in [0, 0.1) is 0 Å². The molecule has 0 radical (unpaired) electrons. The first-order valence-corrected chi connectivity index (χ1v) is 8.10. The van der Waals surface area contributed by atoms with Gasteiger partial charge in [0.1, 0.15) is 0 Å². The molecule has 0 spiro atoms. The van der Waals surface area contributed by atoms with Crippen LogP contribution in [-0.2, 0) is 13.0 Å². The van der Waals surface area contributed by atoms with Gasteiger partial charge in [-0.05, 0) is 23.9 Å². The Hall–Kier alpha value is -2.53. The van der Waals surface area contributed by atoms with Crippen molar-refractivity contribution in [2.75, 3.05) is 18.6 Å². The Morgan fingerprint density at radius 3 is 2.75 bits per heavy atom. The molecule has 1 N–H and O–H groups in total. The van der Waals surface area contributed by atoms with Gasteiger partial charge < -0.3 is 14.7 Å². The summed E-state index contributed by atoms with van der Waals surface area (Å²) in [5.74, 6) is 0.00690. The van der Waals surface area contributed by atoms with Gasteiger partial charge >= 0.3 is 6.01 Å². The number of anilines is 1. The molecule has 2 aromatic carbocycles. The van der Waals surface area contributed by atoms with E-state index < -0.39 is 0 Å². The van der Waals surface area contributed by atoms with E-state index in [-0.39, 0.29) is 11.9 Å². The lowest BCUT2D eigenvalue weighted by Gasteiger charge is -2.31. The number of hydrogen-bond donors (Lipinski definition) is 1. The van der Waals surface area contributed by atoms with E-state index in [0.717, 1.165) is 39.3 Å². The maximum absolute atomic E-state index is 10.1. The second-order valence-electron chi connectivity index (χ2n) is 5.75. The number of halogens is 1. The third kappa shape index (κ3) is 2.41. The molecule has 2 heterocycles. The summed E-state index contributed by atoms with van der Waals surface area (Å²) >= 11 is 6.44. The lowest BCUT2D eigenvalue weighted by atomic mass is 10.0. The van der Waals surface area contributed by atoms with Gasteiger partial charge in [0, 0.05) is 23.2 Å². The van der Waals surface area contributed by atoms with Gasteiger partial charge in [-0.3, -0.25) is 0 Å². The molecule has 5 nitrogen and oxygen atoms in total. The van der Waals surface area contributed by atoms with Gasteiger partial charge in [0.15, 0.2) is 0 Å². The Labute approximate surface area is 144 Å². The van der Waals surface area contributed by atoms with E-state index in [2.05, 4.69) is 33.1 Å². The van der Waals surface area contributed by atoms with Crippen LogP contribution in [0.15, 0.2) is 36.4 Å². The third-order valence-corrected chi connectivity index (χ3v) is 4.69. The van der Waals surface area contributed by atoms with E-state index >= 15 is 0 Å². The van der Waals surface area contributed by atoms with Gasteiger partial charge in [0.05, 0.1) is 24.4 Å². The lowest BCUT2D eigenvalue weighted by molar-refractivity contribution is 0.357. The molecule has 0 amide bonds. The van der Waals surface area contributed by atoms with Gasteiger partial charge in [0.2, 0.25) is 5.88 Å². The lowest BCUT2D eigenvalue weighted by Crippen LogP contribution is -2.31. The van der Waals surface area contributed by atoms with E-state index in [1.807, 2.05) is 18.2 Å². The number of benzene rings is 2. The molecule has 24 heavy (non-hydrogen) atoms. The Balaban J connectivity index is 1.79. The van der Waals surface area contributed by atoms with Gasteiger partial charge in [0.25, 0.3) is 0 Å². The van der Waals surface area contributed by atoms with Crippen molar-refractivity contribution >= 4 is 28.1 Å². The maximum atomic E-state index is 10.1. The predicted molar refractivity (Wildman–Crippen MR) is 94.0 cm³/mol. The van der Waals surface area contributed by atoms with Crippen LogP contribution in [0.4, 0.5) is 5.69 Å². The predicted octanol–water partition coefficient (Wildman–Crippen LogP) is 3.56. The van der Waals surface area contributed by atoms with Crippen molar-refractivity contribution in [2.45, 2.75) is 13.0 Å². The number of methoxy groups -OCH3 is 1. The molecule has 0 saturated heterocycles. The number of aromatic hydroxyl groups is 1. The largest absolute Gasteiger partial charge is 0.493 e. The molecule has 0 atom stereocenters. The smallest absolute Gasteiger partial charge is 0.319 e. The van der Waals surface area contributed by atoms with Crippen LogP contribution >= 0.6 is 11.6 Å². The van der Waals surface area contributed by atoms with Gasteiger partial charge in [-0.2, -0.15) is 9.97 Å². The highest BCUT2D eigenvalue weighted by atomic mass is 35.5. The van der Waals surface area contributed by atoms with Crippen molar-refractivity contribution in [3.05, 3.63) is 52.7 Å². The van der Waals surface area contributed by atoms with E-state index in [1.54, 1.807) is 0 Å². The second-order valence-corrected chi connectivity index (χ2v) is 6.15. The summed E-state index contributed by atoms with van der Waals surface area (Å²) in [7, 11) is 1.49. The molecule has 0 bridgehead atoms. The van der Waals surface area contributed by atoms with Crippen molar-refractivity contribution < 1.29 is 9.84 Å². The minimum absolute atomic E-state index is 0.00690. The highest BCUT2D eigenvalue weighted by Gasteiger charge is 2.24. The zero-order chi connectivity index (χ0) is 16.7. The monoisotopic (exact) mass is 341 g/mol. The fourth-order valence-electron chi connectivity index (χ4n) is 3.23. The molecule has 0 fully saturated rings. The second kappa shape index (κ2) is 5.83. The molecule has 4 rings (SSSR count). The number of rotatable bonds is 2. The molecule has 0 saturated carbocycles. The summed E-state index contributed by atoms with van der Waals surface area (Å²) in [5, 5.41) is 12.9. The van der Waals surface area contributed by atoms with Gasteiger partial charge in [-0.1, -0.05) is 35.9 Å². The van der Waals surface area contributed by atoms with Crippen LogP contribution in [0.5, 0.6) is 11.9 Å². The molecular weight excluding hydrogens is 326 g/mol. The topological polar surface area (TPSA) is 58.5 Å². The van der Waals surface area contributed by atoms with Crippen molar-refractivity contribution in [1.82, 2.24) is 9.97 Å². The Morgan fingerprint density at radius 2 is 1.96 bits per heavy atom. The molecule has 0 aliphatic carbocycles. The molecule has 0 unspecified atom stereocenters. The van der Waals surface area contributed by atoms with Crippen molar-refractivity contribution in [3.8, 4) is 11.9 Å². The molecule has 1 aliphatic rings. The molecule has 3 aromatic rings. The number of aromatic nitrogens is 2. The summed E-state index contributed by atoms with van der Waals surface area (Å²) < 4.78 is 5.07. The zero-order valence-electron chi connectivity index (χ0n) is 13.2. The van der Waals surface area contributed by atoms with Crippen LogP contribution in [0.25, 0.3) is 10.8 Å². The molecule has 6 heteroatoms.